The molecule has 1 aromatic rings. The first kappa shape index (κ1) is 12.8. The highest BCUT2D eigenvalue weighted by Gasteiger charge is 2.28. The summed E-state index contributed by atoms with van der Waals surface area (Å²) in [6, 6.07) is 4.14. The molecule has 0 aromatic heterocycles. The van der Waals surface area contributed by atoms with Crippen LogP contribution in [0.4, 0.5) is 15.8 Å². The molecular weight excluding hydrogens is 235 g/mol. The van der Waals surface area contributed by atoms with Crippen LogP contribution in [0, 0.1) is 17.7 Å². The van der Waals surface area contributed by atoms with Crippen molar-refractivity contribution in [1.29, 1.82) is 0 Å². The van der Waals surface area contributed by atoms with Crippen LogP contribution < -0.4 is 11.1 Å². The Kier molecular flexibility index (Phi) is 3.81. The van der Waals surface area contributed by atoms with E-state index in [1.54, 1.807) is 0 Å². The van der Waals surface area contributed by atoms with Gasteiger partial charge in [0.15, 0.2) is 0 Å². The van der Waals surface area contributed by atoms with Crippen molar-refractivity contribution in [3.05, 3.63) is 24.0 Å². The van der Waals surface area contributed by atoms with E-state index in [1.165, 1.54) is 18.2 Å². The zero-order valence-electron chi connectivity index (χ0n) is 10.3. The molecule has 3 N–H and O–H groups in total. The normalized spacial score (nSPS) is 23.7. The number of hydrogen-bond donors (Lipinski definition) is 2. The first-order valence-electron chi connectivity index (χ1n) is 6.01. The smallest absolute Gasteiger partial charge is 0.228 e. The van der Waals surface area contributed by atoms with Crippen molar-refractivity contribution in [1.82, 2.24) is 0 Å². The van der Waals surface area contributed by atoms with Gasteiger partial charge in [0.25, 0.3) is 0 Å². The zero-order chi connectivity index (χ0) is 13.1. The lowest BCUT2D eigenvalue weighted by atomic mass is 9.89. The van der Waals surface area contributed by atoms with E-state index in [0.29, 0.717) is 25.3 Å². The van der Waals surface area contributed by atoms with Gasteiger partial charge in [-0.15, -0.1) is 0 Å². The monoisotopic (exact) mass is 252 g/mol. The second-order valence-corrected chi connectivity index (χ2v) is 4.68. The van der Waals surface area contributed by atoms with Crippen molar-refractivity contribution in [3.63, 3.8) is 0 Å². The van der Waals surface area contributed by atoms with Gasteiger partial charge in [-0.3, -0.25) is 4.79 Å². The van der Waals surface area contributed by atoms with Crippen LogP contribution in [0.2, 0.25) is 0 Å². The number of rotatable bonds is 2. The van der Waals surface area contributed by atoms with E-state index in [9.17, 15) is 9.18 Å². The number of benzene rings is 1. The van der Waals surface area contributed by atoms with E-state index in [4.69, 9.17) is 10.5 Å². The number of ether oxygens (including phenoxy) is 1. The van der Waals surface area contributed by atoms with Gasteiger partial charge in [0.1, 0.15) is 5.82 Å². The van der Waals surface area contributed by atoms with Crippen LogP contribution in [0.5, 0.6) is 0 Å². The Morgan fingerprint density at radius 2 is 2.33 bits per heavy atom. The van der Waals surface area contributed by atoms with Gasteiger partial charge >= 0.3 is 0 Å². The van der Waals surface area contributed by atoms with Gasteiger partial charge in [-0.05, 0) is 30.5 Å². The molecule has 0 aliphatic carbocycles. The third-order valence-corrected chi connectivity index (χ3v) is 3.23. The molecule has 0 radical (unpaired) electrons. The Balaban J connectivity index is 2.08. The predicted molar refractivity (Wildman–Crippen MR) is 67.5 cm³/mol. The molecule has 1 saturated heterocycles. The van der Waals surface area contributed by atoms with Gasteiger partial charge < -0.3 is 15.8 Å². The molecule has 1 fully saturated rings. The summed E-state index contributed by atoms with van der Waals surface area (Å²) in [6.07, 6.45) is 0.664. The number of nitrogen functional groups attached to an aromatic ring is 1. The van der Waals surface area contributed by atoms with Gasteiger partial charge in [0.2, 0.25) is 5.91 Å². The number of anilines is 2. The van der Waals surface area contributed by atoms with Crippen molar-refractivity contribution in [3.8, 4) is 0 Å². The van der Waals surface area contributed by atoms with Crippen molar-refractivity contribution in [2.75, 3.05) is 24.3 Å². The maximum Gasteiger partial charge on any atom is 0.228 e. The highest BCUT2D eigenvalue weighted by atomic mass is 19.1. The molecule has 1 aliphatic heterocycles. The van der Waals surface area contributed by atoms with Crippen LogP contribution in [0.15, 0.2) is 18.2 Å². The van der Waals surface area contributed by atoms with Gasteiger partial charge in [0.05, 0.1) is 5.69 Å². The van der Waals surface area contributed by atoms with Crippen molar-refractivity contribution in [2.24, 2.45) is 11.8 Å². The highest BCUT2D eigenvalue weighted by molar-refractivity contribution is 5.93. The van der Waals surface area contributed by atoms with Crippen molar-refractivity contribution >= 4 is 17.3 Å². The standard InChI is InChI=1S/C13H17FN2O2/c1-8-7-18-5-4-10(8)13(17)16-12-6-9(15)2-3-11(12)14/h2-3,6,8,10H,4-5,7,15H2,1H3,(H,16,17). The maximum atomic E-state index is 13.5. The van der Waals surface area contributed by atoms with Crippen LogP contribution in [-0.2, 0) is 9.53 Å². The van der Waals surface area contributed by atoms with Gasteiger partial charge in [0, 0.05) is 24.8 Å². The number of nitrogens with one attached hydrogen (secondary N) is 1. The van der Waals surface area contributed by atoms with E-state index in [1.807, 2.05) is 6.92 Å². The molecule has 1 aliphatic rings. The van der Waals surface area contributed by atoms with E-state index in [2.05, 4.69) is 5.32 Å². The Morgan fingerprint density at radius 3 is 3.06 bits per heavy atom. The van der Waals surface area contributed by atoms with E-state index < -0.39 is 5.82 Å². The molecular formula is C13H17FN2O2. The molecule has 2 unspecified atom stereocenters. The van der Waals surface area contributed by atoms with Gasteiger partial charge in [-0.2, -0.15) is 0 Å². The lowest BCUT2D eigenvalue weighted by molar-refractivity contribution is -0.125. The summed E-state index contributed by atoms with van der Waals surface area (Å²) in [5, 5.41) is 2.60. The molecule has 2 rings (SSSR count). The van der Waals surface area contributed by atoms with Crippen molar-refractivity contribution in [2.45, 2.75) is 13.3 Å². The molecule has 0 bridgehead atoms. The summed E-state index contributed by atoms with van der Waals surface area (Å²) < 4.78 is 18.8. The van der Waals surface area contributed by atoms with E-state index >= 15 is 0 Å². The summed E-state index contributed by atoms with van der Waals surface area (Å²) in [4.78, 5) is 12.1. The molecule has 18 heavy (non-hydrogen) atoms. The summed E-state index contributed by atoms with van der Waals surface area (Å²) in [5.41, 5.74) is 6.13. The minimum atomic E-state index is -0.475. The van der Waals surface area contributed by atoms with Crippen LogP contribution in [0.1, 0.15) is 13.3 Å². The average Bonchev–Trinajstić information content (AvgIpc) is 2.34. The number of halogens is 1. The number of hydrogen-bond acceptors (Lipinski definition) is 3. The Hall–Kier alpha value is -1.62. The molecule has 1 aromatic carbocycles. The Morgan fingerprint density at radius 1 is 1.56 bits per heavy atom. The molecule has 2 atom stereocenters. The summed E-state index contributed by atoms with van der Waals surface area (Å²) in [7, 11) is 0. The first-order chi connectivity index (χ1) is 8.58. The van der Waals surface area contributed by atoms with Crippen LogP contribution in [-0.4, -0.2) is 19.1 Å². The van der Waals surface area contributed by atoms with Crippen LogP contribution in [0.25, 0.3) is 0 Å². The number of carbonyl (C=O) groups excluding carboxylic acids is 1. The highest BCUT2D eigenvalue weighted by Crippen LogP contribution is 2.24. The predicted octanol–water partition coefficient (Wildman–Crippen LogP) is 2.02. The molecule has 1 heterocycles. The van der Waals surface area contributed by atoms with Crippen molar-refractivity contribution < 1.29 is 13.9 Å². The Bertz CT molecular complexity index is 451. The topological polar surface area (TPSA) is 64.3 Å². The third-order valence-electron chi connectivity index (χ3n) is 3.23. The lowest BCUT2D eigenvalue weighted by Crippen LogP contribution is -2.35. The minimum Gasteiger partial charge on any atom is -0.399 e. The average molecular weight is 252 g/mol. The zero-order valence-corrected chi connectivity index (χ0v) is 10.3. The van der Waals surface area contributed by atoms with Crippen LogP contribution >= 0.6 is 0 Å². The number of amides is 1. The molecule has 0 saturated carbocycles. The molecule has 1 amide bonds. The van der Waals surface area contributed by atoms with E-state index in [0.717, 1.165) is 0 Å². The molecule has 4 nitrogen and oxygen atoms in total. The largest absolute Gasteiger partial charge is 0.399 e. The summed E-state index contributed by atoms with van der Waals surface area (Å²) in [5.74, 6) is -0.644. The fourth-order valence-corrected chi connectivity index (χ4v) is 2.13. The fraction of sp³-hybridized carbons (Fsp3) is 0.462. The van der Waals surface area contributed by atoms with E-state index in [-0.39, 0.29) is 23.4 Å². The second kappa shape index (κ2) is 5.35. The maximum absolute atomic E-state index is 13.5. The number of nitrogens with two attached hydrogens (primary N) is 1. The van der Waals surface area contributed by atoms with Crippen LogP contribution in [0.3, 0.4) is 0 Å². The molecule has 5 heteroatoms. The quantitative estimate of drug-likeness (QED) is 0.791. The molecule has 0 spiro atoms. The SMILES string of the molecule is CC1COCCC1C(=O)Nc1cc(N)ccc1F. The first-order valence-corrected chi connectivity index (χ1v) is 6.01. The Labute approximate surface area is 105 Å². The second-order valence-electron chi connectivity index (χ2n) is 4.68. The number of carbonyl (C=O) groups is 1. The van der Waals surface area contributed by atoms with Gasteiger partial charge in [-0.25, -0.2) is 4.39 Å². The molecule has 98 valence electrons. The fourth-order valence-electron chi connectivity index (χ4n) is 2.13. The van der Waals surface area contributed by atoms with Gasteiger partial charge in [-0.1, -0.05) is 6.92 Å². The third kappa shape index (κ3) is 2.79. The summed E-state index contributed by atoms with van der Waals surface area (Å²) in [6.45, 7) is 3.10. The minimum absolute atomic E-state index is 0.138. The summed E-state index contributed by atoms with van der Waals surface area (Å²) >= 11 is 0. The lowest BCUT2D eigenvalue weighted by Gasteiger charge is -2.27.